The maximum absolute atomic E-state index is 14.2. The van der Waals surface area contributed by atoms with Crippen molar-refractivity contribution >= 4 is 22.7 Å². The fourth-order valence-corrected chi connectivity index (χ4v) is 5.91. The minimum absolute atomic E-state index is 0.000937. The van der Waals surface area contributed by atoms with Gasteiger partial charge < -0.3 is 14.8 Å². The molecule has 2 atom stereocenters. The van der Waals surface area contributed by atoms with Crippen LogP contribution in [0.15, 0.2) is 72.8 Å². The molecule has 1 fully saturated rings. The van der Waals surface area contributed by atoms with E-state index in [9.17, 15) is 14.0 Å². The highest BCUT2D eigenvalue weighted by molar-refractivity contribution is 6.01. The lowest BCUT2D eigenvalue weighted by Crippen LogP contribution is -2.67. The molecule has 0 spiro atoms. The Hall–Kier alpha value is -3.93. The van der Waals surface area contributed by atoms with E-state index in [0.717, 1.165) is 27.7 Å². The van der Waals surface area contributed by atoms with Gasteiger partial charge in [-0.1, -0.05) is 66.2 Å². The Kier molecular flexibility index (Phi) is 5.21. The van der Waals surface area contributed by atoms with Gasteiger partial charge in [0.05, 0.1) is 12.2 Å². The number of carbonyl (C=O) groups is 2. The molecule has 6 rings (SSSR count). The zero-order chi connectivity index (χ0) is 25.0. The fourth-order valence-electron chi connectivity index (χ4n) is 5.91. The molecule has 3 aromatic carbocycles. The number of H-pyrrole nitrogens is 1. The molecule has 36 heavy (non-hydrogen) atoms. The second kappa shape index (κ2) is 8.33. The van der Waals surface area contributed by atoms with Crippen molar-refractivity contribution in [1.29, 1.82) is 0 Å². The number of rotatable bonds is 4. The summed E-state index contributed by atoms with van der Waals surface area (Å²) in [5.74, 6) is -0.565. The van der Waals surface area contributed by atoms with Crippen LogP contribution in [0.2, 0.25) is 0 Å². The maximum atomic E-state index is 14.2. The number of fused-ring (bicyclic) bond motifs is 5. The molecule has 3 heterocycles. The number of aromatic nitrogens is 1. The van der Waals surface area contributed by atoms with E-state index < -0.39 is 5.54 Å². The zero-order valence-corrected chi connectivity index (χ0v) is 20.4. The lowest BCUT2D eigenvalue weighted by molar-refractivity contribution is -0.166. The number of aromatic amines is 1. The molecule has 1 N–H and O–H groups in total. The van der Waals surface area contributed by atoms with E-state index in [1.807, 2.05) is 25.1 Å². The van der Waals surface area contributed by atoms with Crippen molar-refractivity contribution in [3.8, 4) is 0 Å². The Morgan fingerprint density at radius 2 is 1.72 bits per heavy atom. The second-order valence-corrected chi connectivity index (χ2v) is 10.1. The van der Waals surface area contributed by atoms with Crippen molar-refractivity contribution in [3.05, 3.63) is 107 Å². The average molecular weight is 482 g/mol. The topological polar surface area (TPSA) is 56.4 Å². The summed E-state index contributed by atoms with van der Waals surface area (Å²) < 4.78 is 14.2. The summed E-state index contributed by atoms with van der Waals surface area (Å²) in [6.07, 6.45) is 0.354. The molecule has 1 aromatic heterocycles. The van der Waals surface area contributed by atoms with E-state index >= 15 is 0 Å². The molecule has 0 bridgehead atoms. The van der Waals surface area contributed by atoms with Gasteiger partial charge >= 0.3 is 0 Å². The van der Waals surface area contributed by atoms with Crippen molar-refractivity contribution in [2.45, 2.75) is 31.7 Å². The highest BCUT2D eigenvalue weighted by Gasteiger charge is 2.56. The molecule has 5 nitrogen and oxygen atoms in total. The van der Waals surface area contributed by atoms with Crippen LogP contribution in [-0.2, 0) is 21.5 Å². The maximum Gasteiger partial charge on any atom is 0.254 e. The van der Waals surface area contributed by atoms with Gasteiger partial charge in [0.2, 0.25) is 5.91 Å². The van der Waals surface area contributed by atoms with Gasteiger partial charge in [-0.15, -0.1) is 0 Å². The highest BCUT2D eigenvalue weighted by atomic mass is 19.1. The Bertz CT molecular complexity index is 1490. The Balaban J connectivity index is 1.44. The molecular formula is C30H28FN3O2. The van der Waals surface area contributed by atoms with Crippen LogP contribution in [0.1, 0.15) is 40.8 Å². The summed E-state index contributed by atoms with van der Waals surface area (Å²) >= 11 is 0. The van der Waals surface area contributed by atoms with E-state index in [0.29, 0.717) is 18.5 Å². The third-order valence-corrected chi connectivity index (χ3v) is 7.91. The van der Waals surface area contributed by atoms with Crippen molar-refractivity contribution in [2.75, 3.05) is 19.6 Å². The molecule has 6 heteroatoms. The normalized spacial score (nSPS) is 21.6. The Labute approximate surface area is 209 Å². The molecule has 182 valence electrons. The van der Waals surface area contributed by atoms with Crippen LogP contribution in [0.4, 0.5) is 4.39 Å². The van der Waals surface area contributed by atoms with Crippen LogP contribution >= 0.6 is 0 Å². The molecule has 0 aliphatic carbocycles. The van der Waals surface area contributed by atoms with Gasteiger partial charge in [0.15, 0.2) is 5.54 Å². The number of nitrogens with zero attached hydrogens (tertiary/aromatic N) is 2. The molecule has 2 aliphatic rings. The highest BCUT2D eigenvalue weighted by Crippen LogP contribution is 2.48. The number of benzene rings is 3. The van der Waals surface area contributed by atoms with E-state index in [4.69, 9.17) is 0 Å². The first kappa shape index (κ1) is 22.5. The fraction of sp³-hybridized carbons (Fsp3) is 0.267. The number of hydrogen-bond acceptors (Lipinski definition) is 2. The third-order valence-electron chi connectivity index (χ3n) is 7.91. The number of nitrogens with one attached hydrogen (secondary N) is 1. The van der Waals surface area contributed by atoms with Gasteiger partial charge in [-0.3, -0.25) is 9.59 Å². The van der Waals surface area contributed by atoms with Gasteiger partial charge in [-0.05, 0) is 49.1 Å². The minimum atomic E-state index is -1.15. The van der Waals surface area contributed by atoms with Gasteiger partial charge in [0.1, 0.15) is 5.82 Å². The number of piperazine rings is 1. The van der Waals surface area contributed by atoms with Crippen LogP contribution in [0.25, 0.3) is 10.9 Å². The number of aryl methyl sites for hydroxylation is 1. The quantitative estimate of drug-likeness (QED) is 0.451. The number of para-hydroxylation sites is 1. The van der Waals surface area contributed by atoms with Gasteiger partial charge in [0.25, 0.3) is 5.91 Å². The first-order chi connectivity index (χ1) is 17.4. The monoisotopic (exact) mass is 481 g/mol. The van der Waals surface area contributed by atoms with Crippen LogP contribution < -0.4 is 0 Å². The summed E-state index contributed by atoms with van der Waals surface area (Å²) in [7, 11) is 0. The largest absolute Gasteiger partial charge is 0.356 e. The number of amides is 2. The van der Waals surface area contributed by atoms with E-state index in [1.165, 1.54) is 11.6 Å². The van der Waals surface area contributed by atoms with Gasteiger partial charge in [0, 0.05) is 29.9 Å². The summed E-state index contributed by atoms with van der Waals surface area (Å²) in [6.45, 7) is 4.62. The summed E-state index contributed by atoms with van der Waals surface area (Å²) in [5.41, 5.74) is 4.48. The molecule has 2 amide bonds. The standard InChI is InChI=1S/C30H28FN3O2/c1-19-11-13-20(14-12-19)23-17-34-26(35)18-33(16-15-21-7-3-5-9-24(21)31)29(36)30(34,2)28-27(23)22-8-4-6-10-25(22)32-28/h3-14,23,32H,15-18H2,1-2H3/t23-,30-/m0/s1. The molecule has 0 unspecified atom stereocenters. The summed E-state index contributed by atoms with van der Waals surface area (Å²) in [4.78, 5) is 34.5. The first-order valence-electron chi connectivity index (χ1n) is 12.4. The van der Waals surface area contributed by atoms with E-state index in [1.54, 1.807) is 28.0 Å². The molecule has 2 aliphatic heterocycles. The van der Waals surface area contributed by atoms with Crippen molar-refractivity contribution in [2.24, 2.45) is 0 Å². The Morgan fingerprint density at radius 3 is 2.50 bits per heavy atom. The number of hydrogen-bond donors (Lipinski definition) is 1. The number of halogens is 1. The SMILES string of the molecule is Cc1ccc([C@@H]2CN3C(=O)CN(CCc4ccccc4F)C(=O)[C@]3(C)c3[nH]c4ccccc4c32)cc1. The Morgan fingerprint density at radius 1 is 1.00 bits per heavy atom. The van der Waals surface area contributed by atoms with Crippen LogP contribution in [0, 0.1) is 12.7 Å². The predicted octanol–water partition coefficient (Wildman–Crippen LogP) is 4.89. The lowest BCUT2D eigenvalue weighted by atomic mass is 9.76. The van der Waals surface area contributed by atoms with E-state index in [-0.39, 0.29) is 36.6 Å². The summed E-state index contributed by atoms with van der Waals surface area (Å²) in [6, 6.07) is 23.1. The number of carbonyl (C=O) groups excluding carboxylic acids is 2. The van der Waals surface area contributed by atoms with Gasteiger partial charge in [-0.2, -0.15) is 0 Å². The molecule has 1 saturated heterocycles. The molecule has 0 radical (unpaired) electrons. The lowest BCUT2D eigenvalue weighted by Gasteiger charge is -2.51. The molecular weight excluding hydrogens is 453 g/mol. The predicted molar refractivity (Wildman–Crippen MR) is 137 cm³/mol. The third kappa shape index (κ3) is 3.35. The minimum Gasteiger partial charge on any atom is -0.356 e. The first-order valence-corrected chi connectivity index (χ1v) is 12.4. The van der Waals surface area contributed by atoms with Crippen LogP contribution in [0.5, 0.6) is 0 Å². The average Bonchev–Trinajstić information content (AvgIpc) is 3.28. The smallest absolute Gasteiger partial charge is 0.254 e. The van der Waals surface area contributed by atoms with Crippen LogP contribution in [0.3, 0.4) is 0 Å². The molecule has 0 saturated carbocycles. The molecule has 4 aromatic rings. The summed E-state index contributed by atoms with van der Waals surface area (Å²) in [5, 5.41) is 1.07. The van der Waals surface area contributed by atoms with Crippen LogP contribution in [-0.4, -0.2) is 46.2 Å². The zero-order valence-electron chi connectivity index (χ0n) is 20.4. The van der Waals surface area contributed by atoms with E-state index in [2.05, 4.69) is 42.2 Å². The second-order valence-electron chi connectivity index (χ2n) is 10.1. The van der Waals surface area contributed by atoms with Crippen molar-refractivity contribution in [1.82, 2.24) is 14.8 Å². The van der Waals surface area contributed by atoms with Gasteiger partial charge in [-0.25, -0.2) is 4.39 Å². The van der Waals surface area contributed by atoms with Crippen molar-refractivity contribution < 1.29 is 14.0 Å². The van der Waals surface area contributed by atoms with Crippen molar-refractivity contribution in [3.63, 3.8) is 0 Å².